The molecule has 2 unspecified atom stereocenters. The van der Waals surface area contributed by atoms with Crippen LogP contribution in [-0.2, 0) is 5.75 Å². The summed E-state index contributed by atoms with van der Waals surface area (Å²) in [6.45, 7) is 3.04. The van der Waals surface area contributed by atoms with E-state index >= 15 is 0 Å². The van der Waals surface area contributed by atoms with Crippen LogP contribution in [0, 0.1) is 0 Å². The van der Waals surface area contributed by atoms with Crippen molar-refractivity contribution in [2.45, 2.75) is 24.6 Å². The molecule has 4 nitrogen and oxygen atoms in total. The van der Waals surface area contributed by atoms with Gasteiger partial charge >= 0.3 is 0 Å². The van der Waals surface area contributed by atoms with Crippen LogP contribution in [0.25, 0.3) is 10.9 Å². The quantitative estimate of drug-likeness (QED) is 0.725. The average molecular weight is 363 g/mol. The number of nitrogens with zero attached hydrogens (tertiary/aromatic N) is 2. The first-order chi connectivity index (χ1) is 12.7. The highest BCUT2D eigenvalue weighted by molar-refractivity contribution is 8.13. The third kappa shape index (κ3) is 3.53. The highest BCUT2D eigenvalue weighted by atomic mass is 32.2. The van der Waals surface area contributed by atoms with Crippen molar-refractivity contribution in [1.82, 2.24) is 10.3 Å². The molecule has 0 saturated heterocycles. The van der Waals surface area contributed by atoms with Crippen molar-refractivity contribution in [3.8, 4) is 5.75 Å². The number of benzene rings is 2. The molecule has 0 aliphatic carbocycles. The van der Waals surface area contributed by atoms with Crippen molar-refractivity contribution in [2.75, 3.05) is 6.54 Å². The van der Waals surface area contributed by atoms with Gasteiger partial charge in [0.05, 0.1) is 18.1 Å². The van der Waals surface area contributed by atoms with E-state index in [9.17, 15) is 5.11 Å². The molecular formula is C21H21N3OS. The lowest BCUT2D eigenvalue weighted by atomic mass is 9.91. The molecule has 2 N–H and O–H groups in total. The lowest BCUT2D eigenvalue weighted by Gasteiger charge is -2.21. The van der Waals surface area contributed by atoms with E-state index in [4.69, 9.17) is 0 Å². The fraction of sp³-hybridized carbons (Fsp3) is 0.238. The number of amidine groups is 1. The molecule has 0 spiro atoms. The van der Waals surface area contributed by atoms with Crippen molar-refractivity contribution in [1.29, 1.82) is 0 Å². The van der Waals surface area contributed by atoms with E-state index in [2.05, 4.69) is 46.5 Å². The second kappa shape index (κ2) is 7.38. The molecule has 2 heterocycles. The molecule has 4 rings (SSSR count). The highest BCUT2D eigenvalue weighted by Crippen LogP contribution is 2.29. The Morgan fingerprint density at radius 2 is 2.00 bits per heavy atom. The molecule has 3 aromatic rings. The molecule has 0 fully saturated rings. The Labute approximate surface area is 157 Å². The molecule has 0 saturated carbocycles. The first-order valence-corrected chi connectivity index (χ1v) is 9.74. The minimum Gasteiger partial charge on any atom is -0.508 e. The van der Waals surface area contributed by atoms with Crippen LogP contribution in [-0.4, -0.2) is 27.8 Å². The number of phenols is 1. The Balaban J connectivity index is 1.41. The number of thioether (sulfide) groups is 1. The summed E-state index contributed by atoms with van der Waals surface area (Å²) in [6.07, 6.45) is 1.84. The van der Waals surface area contributed by atoms with Gasteiger partial charge in [-0.2, -0.15) is 0 Å². The summed E-state index contributed by atoms with van der Waals surface area (Å²) in [6, 6.07) is 18.1. The number of aromatic hydroxyl groups is 1. The van der Waals surface area contributed by atoms with Gasteiger partial charge in [-0.25, -0.2) is 0 Å². The van der Waals surface area contributed by atoms with E-state index < -0.39 is 0 Å². The summed E-state index contributed by atoms with van der Waals surface area (Å²) in [5, 5.41) is 15.2. The third-order valence-corrected chi connectivity index (χ3v) is 5.82. The van der Waals surface area contributed by atoms with E-state index in [0.717, 1.165) is 23.0 Å². The van der Waals surface area contributed by atoms with Crippen LogP contribution in [0.4, 0.5) is 0 Å². The molecular weight excluding hydrogens is 342 g/mol. The average Bonchev–Trinajstić information content (AvgIpc) is 3.15. The van der Waals surface area contributed by atoms with Gasteiger partial charge in [0.25, 0.3) is 0 Å². The van der Waals surface area contributed by atoms with E-state index in [-0.39, 0.29) is 0 Å². The number of pyridine rings is 1. The molecule has 1 aromatic heterocycles. The predicted molar refractivity (Wildman–Crippen MR) is 109 cm³/mol. The SMILES string of the molecule is CC(c1cccc2ncccc12)C1CN=C(SCc2ccc(O)cc2)N1. The maximum absolute atomic E-state index is 9.37. The minimum atomic E-state index is 0.295. The number of rotatable bonds is 4. The molecule has 0 amide bonds. The maximum Gasteiger partial charge on any atom is 0.157 e. The van der Waals surface area contributed by atoms with Crippen LogP contribution >= 0.6 is 11.8 Å². The lowest BCUT2D eigenvalue weighted by molar-refractivity contribution is 0.475. The zero-order chi connectivity index (χ0) is 17.9. The first-order valence-electron chi connectivity index (χ1n) is 8.76. The Morgan fingerprint density at radius 1 is 1.15 bits per heavy atom. The highest BCUT2D eigenvalue weighted by Gasteiger charge is 2.25. The predicted octanol–water partition coefficient (Wildman–Crippen LogP) is 4.31. The third-order valence-electron chi connectivity index (χ3n) is 4.83. The van der Waals surface area contributed by atoms with Gasteiger partial charge in [-0.05, 0) is 35.4 Å². The van der Waals surface area contributed by atoms with Crippen molar-refractivity contribution in [2.24, 2.45) is 4.99 Å². The van der Waals surface area contributed by atoms with Gasteiger partial charge in [0.2, 0.25) is 0 Å². The van der Waals surface area contributed by atoms with Gasteiger partial charge in [-0.3, -0.25) is 9.98 Å². The van der Waals surface area contributed by atoms with Crippen molar-refractivity contribution in [3.05, 3.63) is 71.9 Å². The Hall–Kier alpha value is -2.53. The van der Waals surface area contributed by atoms with E-state index in [1.54, 1.807) is 23.9 Å². The normalized spacial score (nSPS) is 17.7. The smallest absolute Gasteiger partial charge is 0.157 e. The second-order valence-corrected chi connectivity index (χ2v) is 7.52. The van der Waals surface area contributed by atoms with Crippen molar-refractivity contribution < 1.29 is 5.11 Å². The van der Waals surface area contributed by atoms with Gasteiger partial charge in [0, 0.05) is 23.3 Å². The van der Waals surface area contributed by atoms with Gasteiger partial charge < -0.3 is 10.4 Å². The molecule has 132 valence electrons. The Morgan fingerprint density at radius 3 is 2.85 bits per heavy atom. The molecule has 2 atom stereocenters. The van der Waals surface area contributed by atoms with Crippen molar-refractivity contribution >= 4 is 27.8 Å². The van der Waals surface area contributed by atoms with Gasteiger partial charge in [0.15, 0.2) is 5.17 Å². The second-order valence-electron chi connectivity index (χ2n) is 6.56. The molecule has 26 heavy (non-hydrogen) atoms. The summed E-state index contributed by atoms with van der Waals surface area (Å²) in [5.74, 6) is 1.48. The maximum atomic E-state index is 9.37. The van der Waals surface area contributed by atoms with E-state index in [1.165, 1.54) is 16.5 Å². The Bertz CT molecular complexity index is 934. The van der Waals surface area contributed by atoms with Crippen LogP contribution in [0.15, 0.2) is 65.8 Å². The topological polar surface area (TPSA) is 57.5 Å². The first kappa shape index (κ1) is 16.9. The fourth-order valence-corrected chi connectivity index (χ4v) is 4.18. The van der Waals surface area contributed by atoms with Crippen LogP contribution in [0.1, 0.15) is 24.0 Å². The molecule has 1 aliphatic heterocycles. The zero-order valence-electron chi connectivity index (χ0n) is 14.6. The molecule has 2 aromatic carbocycles. The molecule has 5 heteroatoms. The number of phenolic OH excluding ortho intramolecular Hbond substituents is 1. The number of hydrogen-bond donors (Lipinski definition) is 2. The van der Waals surface area contributed by atoms with Gasteiger partial charge in [0.1, 0.15) is 5.75 Å². The number of hydrogen-bond acceptors (Lipinski definition) is 5. The van der Waals surface area contributed by atoms with E-state index in [1.807, 2.05) is 24.4 Å². The van der Waals surface area contributed by atoms with E-state index in [0.29, 0.717) is 17.7 Å². The van der Waals surface area contributed by atoms with Crippen LogP contribution in [0.3, 0.4) is 0 Å². The summed E-state index contributed by atoms with van der Waals surface area (Å²) < 4.78 is 0. The van der Waals surface area contributed by atoms with Crippen molar-refractivity contribution in [3.63, 3.8) is 0 Å². The zero-order valence-corrected chi connectivity index (χ0v) is 15.4. The summed E-state index contributed by atoms with van der Waals surface area (Å²) >= 11 is 1.71. The van der Waals surface area contributed by atoms with Gasteiger partial charge in [-0.1, -0.05) is 49.0 Å². The number of fused-ring (bicyclic) bond motifs is 1. The standard InChI is InChI=1S/C21H21N3OS/c1-14(17-4-2-6-19-18(17)5-3-11-22-19)20-12-23-21(24-20)26-13-15-7-9-16(25)10-8-15/h2-11,14,20,25H,12-13H2,1H3,(H,23,24). The summed E-state index contributed by atoms with van der Waals surface area (Å²) in [5.41, 5.74) is 3.53. The largest absolute Gasteiger partial charge is 0.508 e. The summed E-state index contributed by atoms with van der Waals surface area (Å²) in [4.78, 5) is 9.14. The van der Waals surface area contributed by atoms with Crippen LogP contribution < -0.4 is 5.32 Å². The van der Waals surface area contributed by atoms with Crippen LogP contribution in [0.2, 0.25) is 0 Å². The molecule has 0 radical (unpaired) electrons. The molecule has 1 aliphatic rings. The van der Waals surface area contributed by atoms with Gasteiger partial charge in [-0.15, -0.1) is 0 Å². The number of aromatic nitrogens is 1. The lowest BCUT2D eigenvalue weighted by Crippen LogP contribution is -2.33. The Kier molecular flexibility index (Phi) is 4.80. The fourth-order valence-electron chi connectivity index (χ4n) is 3.29. The molecule has 0 bridgehead atoms. The summed E-state index contributed by atoms with van der Waals surface area (Å²) in [7, 11) is 0. The monoisotopic (exact) mass is 363 g/mol. The van der Waals surface area contributed by atoms with Crippen LogP contribution in [0.5, 0.6) is 5.75 Å². The minimum absolute atomic E-state index is 0.295. The number of aliphatic imine (C=N–C) groups is 1. The number of nitrogens with one attached hydrogen (secondary N) is 1.